The molecule has 2 N–H and O–H groups in total. The van der Waals surface area contributed by atoms with Crippen molar-refractivity contribution in [1.82, 2.24) is 5.32 Å². The SMILES string of the molecule is COCC[C@H](CC1(C(=O)N[C@@H](CCO[Si](C)(C)C(C)(C)C)CC(=O)O)CCCC1)C(=O)OC(C)(C)C. The number of carboxylic acid groups (broad SMARTS) is 1. The van der Waals surface area contributed by atoms with Crippen LogP contribution in [-0.2, 0) is 28.3 Å². The summed E-state index contributed by atoms with van der Waals surface area (Å²) in [6.07, 6.45) is 4.25. The zero-order valence-electron chi connectivity index (χ0n) is 24.1. The molecule has 8 nitrogen and oxygen atoms in total. The van der Waals surface area contributed by atoms with E-state index in [1.807, 2.05) is 20.8 Å². The van der Waals surface area contributed by atoms with Gasteiger partial charge in [-0.2, -0.15) is 0 Å². The van der Waals surface area contributed by atoms with Gasteiger partial charge in [-0.25, -0.2) is 0 Å². The summed E-state index contributed by atoms with van der Waals surface area (Å²) >= 11 is 0. The molecule has 0 saturated heterocycles. The lowest BCUT2D eigenvalue weighted by Crippen LogP contribution is -2.48. The standard InChI is InChI=1S/C27H51NO7Si/c1-25(2,3)35-23(31)20(12-16-33-7)19-27(14-10-11-15-27)24(32)28-21(18-22(29)30)13-17-34-36(8,9)26(4,5)6/h20-21H,10-19H2,1-9H3,(H,28,32)(H,29,30)/t20-,21+/m1/s1. The Hall–Kier alpha value is -1.45. The van der Waals surface area contributed by atoms with Crippen LogP contribution in [0.4, 0.5) is 0 Å². The van der Waals surface area contributed by atoms with Gasteiger partial charge in [0.1, 0.15) is 5.60 Å². The molecule has 0 radical (unpaired) electrons. The number of nitrogens with one attached hydrogen (secondary N) is 1. The quantitative estimate of drug-likeness (QED) is 0.232. The number of ether oxygens (including phenoxy) is 2. The normalized spacial score (nSPS) is 17.9. The molecule has 1 amide bonds. The van der Waals surface area contributed by atoms with E-state index >= 15 is 0 Å². The van der Waals surface area contributed by atoms with Gasteiger partial charge in [0.05, 0.1) is 17.8 Å². The van der Waals surface area contributed by atoms with Gasteiger partial charge in [0.2, 0.25) is 5.91 Å². The number of methoxy groups -OCH3 is 1. The maximum atomic E-state index is 13.7. The summed E-state index contributed by atoms with van der Waals surface area (Å²) < 4.78 is 17.1. The average molecular weight is 530 g/mol. The molecule has 0 aliphatic heterocycles. The average Bonchev–Trinajstić information content (AvgIpc) is 3.18. The maximum Gasteiger partial charge on any atom is 0.309 e. The first kappa shape index (κ1) is 32.6. The molecular formula is C27H51NO7Si. The van der Waals surface area contributed by atoms with E-state index in [0.717, 1.165) is 12.8 Å². The van der Waals surface area contributed by atoms with E-state index in [2.05, 4.69) is 39.2 Å². The molecule has 0 bridgehead atoms. The Balaban J connectivity index is 3.01. The molecule has 0 heterocycles. The molecule has 1 fully saturated rings. The fourth-order valence-electron chi connectivity index (χ4n) is 4.44. The van der Waals surface area contributed by atoms with E-state index in [9.17, 15) is 19.5 Å². The van der Waals surface area contributed by atoms with Gasteiger partial charge in [0.25, 0.3) is 0 Å². The fraction of sp³-hybridized carbons (Fsp3) is 0.889. The highest BCUT2D eigenvalue weighted by Crippen LogP contribution is 2.45. The van der Waals surface area contributed by atoms with Crippen molar-refractivity contribution in [3.05, 3.63) is 0 Å². The number of hydrogen-bond donors (Lipinski definition) is 2. The second-order valence-corrected chi connectivity index (χ2v) is 17.7. The number of amides is 1. The molecule has 1 aliphatic rings. The van der Waals surface area contributed by atoms with Crippen LogP contribution in [0.1, 0.15) is 92.9 Å². The number of rotatable bonds is 14. The second kappa shape index (κ2) is 13.4. The monoisotopic (exact) mass is 529 g/mol. The number of carboxylic acids is 1. The van der Waals surface area contributed by atoms with Gasteiger partial charge in [-0.15, -0.1) is 0 Å². The highest BCUT2D eigenvalue weighted by Gasteiger charge is 2.45. The Morgan fingerprint density at radius 2 is 1.58 bits per heavy atom. The van der Waals surface area contributed by atoms with Crippen LogP contribution in [-0.4, -0.2) is 63.2 Å². The number of esters is 1. The molecule has 0 spiro atoms. The smallest absolute Gasteiger partial charge is 0.309 e. The third-order valence-electron chi connectivity index (χ3n) is 7.58. The van der Waals surface area contributed by atoms with Crippen molar-refractivity contribution in [3.63, 3.8) is 0 Å². The highest BCUT2D eigenvalue weighted by molar-refractivity contribution is 6.74. The van der Waals surface area contributed by atoms with Gasteiger partial charge in [-0.05, 0) is 71.0 Å². The maximum absolute atomic E-state index is 13.7. The van der Waals surface area contributed by atoms with Crippen LogP contribution in [0.2, 0.25) is 18.1 Å². The Kier molecular flexibility index (Phi) is 12.1. The van der Waals surface area contributed by atoms with Crippen molar-refractivity contribution >= 4 is 26.2 Å². The summed E-state index contributed by atoms with van der Waals surface area (Å²) in [6, 6.07) is -0.531. The summed E-state index contributed by atoms with van der Waals surface area (Å²) in [4.78, 5) is 38.2. The van der Waals surface area contributed by atoms with Gasteiger partial charge in [0, 0.05) is 26.4 Å². The lowest BCUT2D eigenvalue weighted by molar-refractivity contribution is -0.162. The molecule has 0 aromatic carbocycles. The van der Waals surface area contributed by atoms with E-state index in [1.54, 1.807) is 7.11 Å². The number of hydrogen-bond acceptors (Lipinski definition) is 6. The third-order valence-corrected chi connectivity index (χ3v) is 12.1. The minimum absolute atomic E-state index is 0.0470. The van der Waals surface area contributed by atoms with E-state index in [0.29, 0.717) is 45.3 Å². The number of carbonyl (C=O) groups is 3. The van der Waals surface area contributed by atoms with Crippen molar-refractivity contribution in [2.24, 2.45) is 11.3 Å². The molecule has 210 valence electrons. The van der Waals surface area contributed by atoms with Crippen LogP contribution in [0.3, 0.4) is 0 Å². The third kappa shape index (κ3) is 10.5. The van der Waals surface area contributed by atoms with E-state index < -0.39 is 37.3 Å². The summed E-state index contributed by atoms with van der Waals surface area (Å²) in [6.45, 7) is 17.1. The largest absolute Gasteiger partial charge is 0.481 e. The van der Waals surface area contributed by atoms with Gasteiger partial charge in [-0.3, -0.25) is 14.4 Å². The molecule has 1 aliphatic carbocycles. The first-order valence-electron chi connectivity index (χ1n) is 13.3. The summed E-state index contributed by atoms with van der Waals surface area (Å²) in [7, 11) is -0.393. The van der Waals surface area contributed by atoms with E-state index in [4.69, 9.17) is 13.9 Å². The van der Waals surface area contributed by atoms with Crippen LogP contribution in [0.15, 0.2) is 0 Å². The van der Waals surface area contributed by atoms with Crippen LogP contribution < -0.4 is 5.32 Å². The lowest BCUT2D eigenvalue weighted by Gasteiger charge is -2.37. The first-order valence-corrected chi connectivity index (χ1v) is 16.2. The minimum Gasteiger partial charge on any atom is -0.481 e. The first-order chi connectivity index (χ1) is 16.4. The Bertz CT molecular complexity index is 733. The summed E-state index contributed by atoms with van der Waals surface area (Å²) in [5, 5.41) is 12.6. The molecule has 0 unspecified atom stereocenters. The predicted octanol–water partition coefficient (Wildman–Crippen LogP) is 5.30. The van der Waals surface area contributed by atoms with Crippen LogP contribution in [0.5, 0.6) is 0 Å². The topological polar surface area (TPSA) is 111 Å². The van der Waals surface area contributed by atoms with Crippen LogP contribution in [0.25, 0.3) is 0 Å². The predicted molar refractivity (Wildman–Crippen MR) is 143 cm³/mol. The lowest BCUT2D eigenvalue weighted by atomic mass is 9.75. The molecule has 0 aromatic rings. The van der Waals surface area contributed by atoms with Gasteiger partial charge < -0.3 is 24.3 Å². The van der Waals surface area contributed by atoms with E-state index in [1.165, 1.54) is 0 Å². The van der Waals surface area contributed by atoms with Crippen molar-refractivity contribution in [2.45, 2.75) is 123 Å². The van der Waals surface area contributed by atoms with E-state index in [-0.39, 0.29) is 23.3 Å². The minimum atomic E-state index is -1.98. The number of aliphatic carboxylic acids is 1. The van der Waals surface area contributed by atoms with Crippen molar-refractivity contribution in [3.8, 4) is 0 Å². The van der Waals surface area contributed by atoms with Gasteiger partial charge in [0.15, 0.2) is 8.32 Å². The molecule has 1 rings (SSSR count). The zero-order valence-corrected chi connectivity index (χ0v) is 25.1. The van der Waals surface area contributed by atoms with Crippen molar-refractivity contribution < 1.29 is 33.4 Å². The highest BCUT2D eigenvalue weighted by atomic mass is 28.4. The second-order valence-electron chi connectivity index (χ2n) is 12.9. The Morgan fingerprint density at radius 3 is 2.06 bits per heavy atom. The van der Waals surface area contributed by atoms with Crippen LogP contribution >= 0.6 is 0 Å². The molecule has 1 saturated carbocycles. The Labute approximate surface area is 219 Å². The number of carbonyl (C=O) groups excluding carboxylic acids is 2. The summed E-state index contributed by atoms with van der Waals surface area (Å²) in [5.41, 5.74) is -1.34. The van der Waals surface area contributed by atoms with Gasteiger partial charge >= 0.3 is 11.9 Å². The van der Waals surface area contributed by atoms with Crippen molar-refractivity contribution in [1.29, 1.82) is 0 Å². The van der Waals surface area contributed by atoms with Crippen LogP contribution in [0, 0.1) is 11.3 Å². The molecule has 9 heteroatoms. The molecule has 36 heavy (non-hydrogen) atoms. The molecular weight excluding hydrogens is 478 g/mol. The zero-order chi connectivity index (χ0) is 27.8. The Morgan fingerprint density at radius 1 is 1.00 bits per heavy atom. The van der Waals surface area contributed by atoms with Gasteiger partial charge in [-0.1, -0.05) is 33.6 Å². The molecule has 2 atom stereocenters. The van der Waals surface area contributed by atoms with Crippen molar-refractivity contribution in [2.75, 3.05) is 20.3 Å². The fourth-order valence-corrected chi connectivity index (χ4v) is 5.50. The summed E-state index contributed by atoms with van der Waals surface area (Å²) in [5.74, 6) is -1.90. The molecule has 0 aromatic heterocycles.